The van der Waals surface area contributed by atoms with E-state index in [0.717, 1.165) is 30.9 Å². The first-order valence-corrected chi connectivity index (χ1v) is 10.2. The van der Waals surface area contributed by atoms with E-state index in [9.17, 15) is 4.79 Å². The second-order valence-corrected chi connectivity index (χ2v) is 7.75. The summed E-state index contributed by atoms with van der Waals surface area (Å²) >= 11 is 0. The van der Waals surface area contributed by atoms with E-state index in [0.29, 0.717) is 42.7 Å². The number of hydrogen-bond donors (Lipinski definition) is 1. The Balaban J connectivity index is 1.35. The van der Waals surface area contributed by atoms with E-state index in [1.165, 1.54) is 12.8 Å². The van der Waals surface area contributed by atoms with E-state index in [1.54, 1.807) is 25.4 Å². The first kappa shape index (κ1) is 19.4. The molecular weight excluding hydrogens is 370 g/mol. The molecule has 0 atom stereocenters. The van der Waals surface area contributed by atoms with Gasteiger partial charge in [-0.25, -0.2) is 4.98 Å². The van der Waals surface area contributed by atoms with E-state index in [-0.39, 0.29) is 11.8 Å². The van der Waals surface area contributed by atoms with Gasteiger partial charge in [0.1, 0.15) is 11.5 Å². The smallest absolute Gasteiger partial charge is 0.272 e. The third-order valence-corrected chi connectivity index (χ3v) is 5.66. The maximum absolute atomic E-state index is 12.9. The van der Waals surface area contributed by atoms with Crippen molar-refractivity contribution >= 4 is 11.7 Å². The lowest BCUT2D eigenvalue weighted by molar-refractivity contribution is 0.0705. The van der Waals surface area contributed by atoms with Crippen LogP contribution in [0, 0.1) is 5.92 Å². The van der Waals surface area contributed by atoms with Gasteiger partial charge in [0.15, 0.2) is 11.5 Å². The van der Waals surface area contributed by atoms with Gasteiger partial charge in [0.05, 0.1) is 25.6 Å². The fourth-order valence-corrected chi connectivity index (χ4v) is 3.66. The van der Waals surface area contributed by atoms with Crippen LogP contribution >= 0.6 is 0 Å². The third-order valence-electron chi connectivity index (χ3n) is 5.66. The summed E-state index contributed by atoms with van der Waals surface area (Å²) in [5.41, 5.74) is 6.91. The van der Waals surface area contributed by atoms with Crippen LogP contribution in [0.2, 0.25) is 0 Å². The van der Waals surface area contributed by atoms with Crippen molar-refractivity contribution in [2.45, 2.75) is 38.0 Å². The molecule has 2 N–H and O–H groups in total. The minimum absolute atomic E-state index is 0.0883. The number of ether oxygens (including phenoxy) is 2. The Hall–Kier alpha value is -2.90. The summed E-state index contributed by atoms with van der Waals surface area (Å²) < 4.78 is 11.2. The van der Waals surface area contributed by atoms with Crippen molar-refractivity contribution in [3.05, 3.63) is 35.8 Å². The lowest BCUT2D eigenvalue weighted by Gasteiger charge is -2.31. The number of methoxy groups -OCH3 is 1. The molecule has 2 aromatic heterocycles. The van der Waals surface area contributed by atoms with Gasteiger partial charge in [-0.1, -0.05) is 12.8 Å². The first-order valence-electron chi connectivity index (χ1n) is 10.2. The molecule has 1 aliphatic heterocycles. The lowest BCUT2D eigenvalue weighted by atomic mass is 9.93. The second-order valence-electron chi connectivity index (χ2n) is 7.75. The van der Waals surface area contributed by atoms with Gasteiger partial charge in [0.25, 0.3) is 5.91 Å². The Morgan fingerprint density at radius 2 is 1.97 bits per heavy atom. The van der Waals surface area contributed by atoms with Crippen molar-refractivity contribution in [2.24, 2.45) is 5.92 Å². The highest BCUT2D eigenvalue weighted by molar-refractivity contribution is 5.93. The van der Waals surface area contributed by atoms with E-state index in [2.05, 4.69) is 15.2 Å². The molecule has 1 saturated carbocycles. The summed E-state index contributed by atoms with van der Waals surface area (Å²) in [5, 5.41) is 8.11. The number of nitrogens with zero attached hydrogens (tertiary/aromatic N) is 4. The van der Waals surface area contributed by atoms with Gasteiger partial charge in [-0.15, -0.1) is 5.10 Å². The van der Waals surface area contributed by atoms with Gasteiger partial charge in [0.2, 0.25) is 0 Å². The second kappa shape index (κ2) is 8.63. The number of piperidine rings is 1. The van der Waals surface area contributed by atoms with Gasteiger partial charge < -0.3 is 20.1 Å². The molecule has 1 aliphatic carbocycles. The molecule has 0 spiro atoms. The van der Waals surface area contributed by atoms with Crippen molar-refractivity contribution in [1.29, 1.82) is 0 Å². The monoisotopic (exact) mass is 397 g/mol. The zero-order valence-electron chi connectivity index (χ0n) is 16.7. The maximum atomic E-state index is 12.9. The van der Waals surface area contributed by atoms with Gasteiger partial charge >= 0.3 is 0 Å². The van der Waals surface area contributed by atoms with Gasteiger partial charge in [-0.3, -0.25) is 4.79 Å². The van der Waals surface area contributed by atoms with Crippen molar-refractivity contribution in [2.75, 3.05) is 32.5 Å². The minimum atomic E-state index is -0.0883. The number of anilines is 1. The molecular formula is C21H27N5O3. The Bertz CT molecular complexity index is 846. The quantitative estimate of drug-likeness (QED) is 0.766. The fourth-order valence-electron chi connectivity index (χ4n) is 3.66. The Kier molecular flexibility index (Phi) is 5.78. The van der Waals surface area contributed by atoms with Gasteiger partial charge in [-0.05, 0) is 37.3 Å². The molecule has 0 aromatic carbocycles. The van der Waals surface area contributed by atoms with Crippen LogP contribution < -0.4 is 15.2 Å². The highest BCUT2D eigenvalue weighted by atomic mass is 16.5. The van der Waals surface area contributed by atoms with Crippen molar-refractivity contribution in [3.8, 4) is 11.5 Å². The number of hydrogen-bond acceptors (Lipinski definition) is 7. The number of amides is 1. The van der Waals surface area contributed by atoms with E-state index >= 15 is 0 Å². The number of carbonyl (C=O) groups excluding carboxylic acids is 1. The number of nitrogen functional groups attached to an aromatic ring is 1. The lowest BCUT2D eigenvalue weighted by Crippen LogP contribution is -2.38. The summed E-state index contributed by atoms with van der Waals surface area (Å²) in [6.45, 7) is 1.95. The van der Waals surface area contributed by atoms with Crippen LogP contribution in [0.4, 0.5) is 5.82 Å². The average molecular weight is 397 g/mol. The SMILES string of the molecule is COc1cc(C(=O)N2CCC(c3ccc(N)nn3)CC2)ncc1OCCC1CC1. The summed E-state index contributed by atoms with van der Waals surface area (Å²) in [6, 6.07) is 5.36. The maximum Gasteiger partial charge on any atom is 0.272 e. The number of pyridine rings is 1. The number of rotatable bonds is 7. The van der Waals surface area contributed by atoms with Crippen LogP contribution in [-0.2, 0) is 0 Å². The van der Waals surface area contributed by atoms with Crippen LogP contribution in [0.3, 0.4) is 0 Å². The highest BCUT2D eigenvalue weighted by Gasteiger charge is 2.27. The average Bonchev–Trinajstić information content (AvgIpc) is 3.58. The van der Waals surface area contributed by atoms with Crippen LogP contribution in [-0.4, -0.2) is 52.8 Å². The summed E-state index contributed by atoms with van der Waals surface area (Å²) in [5.74, 6) is 2.56. The predicted molar refractivity (Wildman–Crippen MR) is 108 cm³/mol. The van der Waals surface area contributed by atoms with Crippen LogP contribution in [0.1, 0.15) is 54.2 Å². The molecule has 8 heteroatoms. The summed E-state index contributed by atoms with van der Waals surface area (Å²) in [6.07, 6.45) is 6.92. The van der Waals surface area contributed by atoms with Crippen LogP contribution in [0.5, 0.6) is 11.5 Å². The topological polar surface area (TPSA) is 103 Å². The third kappa shape index (κ3) is 4.75. The number of likely N-dealkylation sites (tertiary alicyclic amines) is 1. The molecule has 1 amide bonds. The number of carbonyl (C=O) groups is 1. The van der Waals surface area contributed by atoms with Crippen molar-refractivity contribution in [3.63, 3.8) is 0 Å². The van der Waals surface area contributed by atoms with E-state index in [4.69, 9.17) is 15.2 Å². The molecule has 154 valence electrons. The zero-order chi connectivity index (χ0) is 20.2. The number of nitrogens with two attached hydrogens (primary N) is 1. The normalized spacial score (nSPS) is 17.2. The summed E-state index contributed by atoms with van der Waals surface area (Å²) in [7, 11) is 1.58. The molecule has 2 aromatic rings. The molecule has 0 radical (unpaired) electrons. The molecule has 3 heterocycles. The first-order chi connectivity index (χ1) is 14.1. The Morgan fingerprint density at radius 1 is 1.17 bits per heavy atom. The molecule has 29 heavy (non-hydrogen) atoms. The van der Waals surface area contributed by atoms with Crippen LogP contribution in [0.15, 0.2) is 24.4 Å². The standard InChI is InChI=1S/C21H27N5O3/c1-28-18-12-17(23-13-19(18)29-11-8-14-2-3-14)21(27)26-9-6-15(7-10-26)16-4-5-20(22)25-24-16/h4-5,12-15H,2-3,6-11H2,1H3,(H2,22,25). The molecule has 1 saturated heterocycles. The fraction of sp³-hybridized carbons (Fsp3) is 0.524. The molecule has 4 rings (SSSR count). The minimum Gasteiger partial charge on any atom is -0.493 e. The highest BCUT2D eigenvalue weighted by Crippen LogP contribution is 2.34. The van der Waals surface area contributed by atoms with E-state index < -0.39 is 0 Å². The van der Waals surface area contributed by atoms with Crippen molar-refractivity contribution in [1.82, 2.24) is 20.1 Å². The molecule has 8 nitrogen and oxygen atoms in total. The van der Waals surface area contributed by atoms with Gasteiger partial charge in [-0.2, -0.15) is 5.10 Å². The zero-order valence-corrected chi connectivity index (χ0v) is 16.7. The molecule has 0 bridgehead atoms. The van der Waals surface area contributed by atoms with Crippen molar-refractivity contribution < 1.29 is 14.3 Å². The number of aromatic nitrogens is 3. The largest absolute Gasteiger partial charge is 0.493 e. The molecule has 0 unspecified atom stereocenters. The van der Waals surface area contributed by atoms with Gasteiger partial charge in [0, 0.05) is 25.1 Å². The Labute approximate surface area is 170 Å². The van der Waals surface area contributed by atoms with Crippen LogP contribution in [0.25, 0.3) is 0 Å². The summed E-state index contributed by atoms with van der Waals surface area (Å²) in [4.78, 5) is 19.1. The van der Waals surface area contributed by atoms with E-state index in [1.807, 2.05) is 11.0 Å². The molecule has 2 aliphatic rings. The predicted octanol–water partition coefficient (Wildman–Crippen LogP) is 2.66. The Morgan fingerprint density at radius 3 is 2.62 bits per heavy atom. The molecule has 2 fully saturated rings.